The zero-order valence-electron chi connectivity index (χ0n) is 26.6. The molecule has 5 rings (SSSR count). The first-order valence-corrected chi connectivity index (χ1v) is 15.7. The van der Waals surface area contributed by atoms with Gasteiger partial charge in [-0.3, -0.25) is 14.4 Å². The molecule has 17 nitrogen and oxygen atoms in total. The van der Waals surface area contributed by atoms with Crippen molar-refractivity contribution in [2.45, 2.75) is 73.1 Å². The highest BCUT2D eigenvalue weighted by atomic mass is 16.6. The largest absolute Gasteiger partial charge is 0.508 e. The van der Waals surface area contributed by atoms with Gasteiger partial charge in [-0.2, -0.15) is 0 Å². The van der Waals surface area contributed by atoms with Crippen molar-refractivity contribution in [2.24, 2.45) is 5.41 Å². The summed E-state index contributed by atoms with van der Waals surface area (Å²) in [6, 6.07) is 10.0. The summed E-state index contributed by atoms with van der Waals surface area (Å²) in [4.78, 5) is 44.2. The van der Waals surface area contributed by atoms with E-state index in [0.717, 1.165) is 18.2 Å². The lowest BCUT2D eigenvalue weighted by Crippen LogP contribution is -2.78. The quantitative estimate of drug-likeness (QED) is 0.0541. The first kappa shape index (κ1) is 38.1. The number of hydrogen-bond acceptors (Lipinski definition) is 17. The second-order valence-corrected chi connectivity index (χ2v) is 12.8. The second-order valence-electron chi connectivity index (χ2n) is 12.8. The predicted molar refractivity (Wildman–Crippen MR) is 169 cm³/mol. The minimum Gasteiger partial charge on any atom is -0.508 e. The van der Waals surface area contributed by atoms with E-state index in [-0.39, 0.29) is 17.1 Å². The number of carbonyl (C=O) groups excluding carboxylic acids is 3. The van der Waals surface area contributed by atoms with Gasteiger partial charge in [0.25, 0.3) is 0 Å². The van der Waals surface area contributed by atoms with Gasteiger partial charge in [0.15, 0.2) is 11.6 Å². The molecule has 12 atom stereocenters. The Kier molecular flexibility index (Phi) is 10.8. The van der Waals surface area contributed by atoms with Gasteiger partial charge in [0.2, 0.25) is 11.4 Å². The van der Waals surface area contributed by atoms with Gasteiger partial charge < -0.3 is 70.8 Å². The summed E-state index contributed by atoms with van der Waals surface area (Å²) in [5, 5.41) is 128. The number of aliphatic hydroxyl groups is 10. The number of phenolic OH excluding ortho intramolecular Hbond substituents is 2. The molecule has 1 saturated carbocycles. The standard InChI is InChI=1S/C34H38O17/c35-12-19-22(40)24(42)26(44)30(50-19)33(11-15-3-8-17(38)9-4-15)28(46)21(18(39)10-5-14-1-6-16(37)7-2-14)29(47)34(49,32(33)48)31-27(45)25(43)23(41)20(13-36)51-31/h1-10,19-20,22-27,30-31,35-45,49H,11-13H2/b10-5+,21-18-/t19-,20-,22-,23-,24+,25+,26-,27-,30-,31-,33+,34+/m1/s1. The van der Waals surface area contributed by atoms with Crippen LogP contribution >= 0.6 is 0 Å². The summed E-state index contributed by atoms with van der Waals surface area (Å²) in [6.07, 6.45) is -20.8. The van der Waals surface area contributed by atoms with Crippen LogP contribution in [0.2, 0.25) is 0 Å². The van der Waals surface area contributed by atoms with Crippen molar-refractivity contribution < 1.29 is 85.1 Å². The fourth-order valence-corrected chi connectivity index (χ4v) is 6.81. The third kappa shape index (κ3) is 6.36. The van der Waals surface area contributed by atoms with Gasteiger partial charge in [0.1, 0.15) is 89.3 Å². The van der Waals surface area contributed by atoms with E-state index in [0.29, 0.717) is 5.56 Å². The van der Waals surface area contributed by atoms with Crippen LogP contribution in [-0.2, 0) is 30.3 Å². The molecule has 0 unspecified atom stereocenters. The SMILES string of the molecule is O=C1/C(=C(O)/C=C/c2ccc(O)cc2)C(=O)[C@@](Cc2ccc(O)cc2)([C@@H]2O[C@H](CO)[C@@H](O)[C@H](O)[C@H]2O)C(=O)[C@@]1(O)[C@@H]1O[C@H](CO)[C@@H](O)[C@H](O)[C@H]1O. The smallest absolute Gasteiger partial charge is 0.216 e. The van der Waals surface area contributed by atoms with E-state index in [2.05, 4.69) is 0 Å². The molecule has 1 aliphatic carbocycles. The maximum Gasteiger partial charge on any atom is 0.216 e. The lowest BCUT2D eigenvalue weighted by Gasteiger charge is -2.54. The van der Waals surface area contributed by atoms with Gasteiger partial charge in [0.05, 0.1) is 13.2 Å². The number of allylic oxidation sites excluding steroid dienone is 1. The van der Waals surface area contributed by atoms with Gasteiger partial charge in [-0.25, -0.2) is 0 Å². The molecule has 2 aromatic rings. The number of rotatable bonds is 8. The average molecular weight is 719 g/mol. The minimum atomic E-state index is -3.80. The number of ketones is 3. The van der Waals surface area contributed by atoms with Crippen LogP contribution in [0.15, 0.2) is 65.9 Å². The van der Waals surface area contributed by atoms with E-state index in [1.54, 1.807) is 0 Å². The van der Waals surface area contributed by atoms with Crippen molar-refractivity contribution in [2.75, 3.05) is 13.2 Å². The van der Waals surface area contributed by atoms with Crippen molar-refractivity contribution in [3.8, 4) is 11.5 Å². The summed E-state index contributed by atoms with van der Waals surface area (Å²) in [5.41, 5.74) is -7.93. The van der Waals surface area contributed by atoms with Crippen LogP contribution in [0.4, 0.5) is 0 Å². The number of benzene rings is 2. The Morgan fingerprint density at radius 2 is 1.14 bits per heavy atom. The molecule has 2 heterocycles. The highest BCUT2D eigenvalue weighted by Crippen LogP contribution is 2.49. The number of ether oxygens (including phenoxy) is 2. The lowest BCUT2D eigenvalue weighted by atomic mass is 9.54. The van der Waals surface area contributed by atoms with Gasteiger partial charge in [-0.15, -0.1) is 0 Å². The van der Waals surface area contributed by atoms with E-state index in [1.165, 1.54) is 42.5 Å². The van der Waals surface area contributed by atoms with E-state index in [4.69, 9.17) is 9.47 Å². The zero-order valence-corrected chi connectivity index (χ0v) is 26.6. The molecule has 2 saturated heterocycles. The summed E-state index contributed by atoms with van der Waals surface area (Å²) < 4.78 is 11.1. The molecular formula is C34H38O17. The van der Waals surface area contributed by atoms with Crippen LogP contribution in [0, 0.1) is 5.41 Å². The number of aliphatic hydroxyl groups excluding tert-OH is 9. The van der Waals surface area contributed by atoms with Crippen LogP contribution in [-0.4, -0.2) is 158 Å². The molecule has 0 spiro atoms. The summed E-state index contributed by atoms with van der Waals surface area (Å²) in [6.45, 7) is -2.12. The molecule has 0 aromatic heterocycles. The van der Waals surface area contributed by atoms with Crippen molar-refractivity contribution in [1.82, 2.24) is 0 Å². The van der Waals surface area contributed by atoms with Crippen LogP contribution < -0.4 is 0 Å². The summed E-state index contributed by atoms with van der Waals surface area (Å²) in [7, 11) is 0. The van der Waals surface area contributed by atoms with Gasteiger partial charge in [-0.05, 0) is 47.9 Å². The number of carbonyl (C=O) groups is 3. The second kappa shape index (κ2) is 14.5. The summed E-state index contributed by atoms with van der Waals surface area (Å²) in [5.74, 6) is -6.90. The highest BCUT2D eigenvalue weighted by molar-refractivity contribution is 6.41. The van der Waals surface area contributed by atoms with Crippen LogP contribution in [0.1, 0.15) is 11.1 Å². The molecule has 51 heavy (non-hydrogen) atoms. The normalized spacial score (nSPS) is 38.6. The third-order valence-electron chi connectivity index (χ3n) is 9.64. The van der Waals surface area contributed by atoms with E-state index < -0.39 is 120 Å². The molecule has 3 fully saturated rings. The van der Waals surface area contributed by atoms with Crippen LogP contribution in [0.3, 0.4) is 0 Å². The molecule has 276 valence electrons. The maximum absolute atomic E-state index is 15.0. The van der Waals surface area contributed by atoms with Crippen molar-refractivity contribution in [3.05, 3.63) is 77.1 Å². The van der Waals surface area contributed by atoms with Crippen LogP contribution in [0.5, 0.6) is 11.5 Å². The Morgan fingerprint density at radius 1 is 0.667 bits per heavy atom. The maximum atomic E-state index is 15.0. The van der Waals surface area contributed by atoms with Crippen molar-refractivity contribution in [1.29, 1.82) is 0 Å². The number of Topliss-reactive ketones (excluding diaryl/α,β-unsaturated/α-hetero) is 3. The molecule has 2 aliphatic heterocycles. The Hall–Kier alpha value is -4.11. The zero-order chi connectivity index (χ0) is 37.6. The van der Waals surface area contributed by atoms with Crippen molar-refractivity contribution in [3.63, 3.8) is 0 Å². The van der Waals surface area contributed by atoms with Crippen LogP contribution in [0.25, 0.3) is 6.08 Å². The molecular weight excluding hydrogens is 680 g/mol. The number of hydrogen-bond donors (Lipinski definition) is 12. The molecule has 0 bridgehead atoms. The van der Waals surface area contributed by atoms with E-state index in [9.17, 15) is 70.9 Å². The Labute approximate surface area is 288 Å². The Bertz CT molecular complexity index is 1690. The minimum absolute atomic E-state index is 0.00423. The van der Waals surface area contributed by atoms with E-state index in [1.807, 2.05) is 0 Å². The van der Waals surface area contributed by atoms with Gasteiger partial charge in [-0.1, -0.05) is 30.3 Å². The fourth-order valence-electron chi connectivity index (χ4n) is 6.81. The predicted octanol–water partition coefficient (Wildman–Crippen LogP) is -3.71. The average Bonchev–Trinajstić information content (AvgIpc) is 3.11. The molecule has 12 N–H and O–H groups in total. The van der Waals surface area contributed by atoms with E-state index >= 15 is 4.79 Å². The molecule has 3 aliphatic rings. The van der Waals surface area contributed by atoms with Crippen molar-refractivity contribution >= 4 is 23.4 Å². The molecule has 2 aromatic carbocycles. The first-order valence-electron chi connectivity index (χ1n) is 15.7. The molecule has 17 heteroatoms. The Morgan fingerprint density at radius 3 is 1.65 bits per heavy atom. The fraction of sp³-hybridized carbons (Fsp3) is 0.441. The molecule has 0 radical (unpaired) electrons. The Balaban J connectivity index is 1.81. The number of aromatic hydroxyl groups is 2. The third-order valence-corrected chi connectivity index (χ3v) is 9.64. The highest BCUT2D eigenvalue weighted by Gasteiger charge is 2.74. The lowest BCUT2D eigenvalue weighted by molar-refractivity contribution is -0.272. The summed E-state index contributed by atoms with van der Waals surface area (Å²) >= 11 is 0. The monoisotopic (exact) mass is 718 g/mol. The number of phenols is 2. The molecule has 0 amide bonds. The topological polar surface area (TPSA) is 312 Å². The van der Waals surface area contributed by atoms with Gasteiger partial charge >= 0.3 is 0 Å². The first-order chi connectivity index (χ1) is 24.0. The van der Waals surface area contributed by atoms with Gasteiger partial charge in [0, 0.05) is 0 Å².